The van der Waals surface area contributed by atoms with Gasteiger partial charge in [0.05, 0.1) is 4.92 Å². The first-order chi connectivity index (χ1) is 13.3. The molecule has 0 fully saturated rings. The van der Waals surface area contributed by atoms with Gasteiger partial charge in [-0.2, -0.15) is 0 Å². The molecule has 146 valence electrons. The van der Waals surface area contributed by atoms with E-state index in [4.69, 9.17) is 16.3 Å². The lowest BCUT2D eigenvalue weighted by molar-refractivity contribution is -0.385. The number of rotatable bonds is 7. The molecule has 2 N–H and O–H groups in total. The molecule has 2 rings (SSSR count). The van der Waals surface area contributed by atoms with Gasteiger partial charge in [-0.25, -0.2) is 4.79 Å². The Labute approximate surface area is 164 Å². The molecule has 10 heteroatoms. The predicted molar refractivity (Wildman–Crippen MR) is 101 cm³/mol. The number of benzene rings is 2. The summed E-state index contributed by atoms with van der Waals surface area (Å²) in [6.45, 7) is 1.58. The molecule has 0 unspecified atom stereocenters. The van der Waals surface area contributed by atoms with Gasteiger partial charge in [0.25, 0.3) is 17.5 Å². The number of ether oxygens (including phenoxy) is 1. The van der Waals surface area contributed by atoms with Gasteiger partial charge in [0, 0.05) is 28.9 Å². The Balaban J connectivity index is 2.00. The van der Waals surface area contributed by atoms with Crippen molar-refractivity contribution in [3.05, 3.63) is 68.7 Å². The molecule has 28 heavy (non-hydrogen) atoms. The summed E-state index contributed by atoms with van der Waals surface area (Å²) in [6, 6.07) is 9.67. The number of hydrogen-bond acceptors (Lipinski definition) is 6. The first-order valence-electron chi connectivity index (χ1n) is 8.11. The van der Waals surface area contributed by atoms with Crippen LogP contribution in [0.5, 0.6) is 0 Å². The molecule has 0 bridgehead atoms. The number of nitrogens with one attached hydrogen (secondary N) is 2. The zero-order valence-corrected chi connectivity index (χ0v) is 15.5. The number of nitro groups is 1. The number of anilines is 1. The molecule has 0 saturated heterocycles. The Kier molecular flexibility index (Phi) is 7.05. The van der Waals surface area contributed by atoms with Crippen molar-refractivity contribution in [3.8, 4) is 0 Å². The normalized spacial score (nSPS) is 10.1. The summed E-state index contributed by atoms with van der Waals surface area (Å²) in [5, 5.41) is 16.2. The first-order valence-corrected chi connectivity index (χ1v) is 8.48. The molecule has 0 heterocycles. The van der Waals surface area contributed by atoms with Gasteiger partial charge in [-0.05, 0) is 37.3 Å². The van der Waals surface area contributed by atoms with E-state index in [9.17, 15) is 24.5 Å². The highest BCUT2D eigenvalue weighted by Crippen LogP contribution is 2.23. The summed E-state index contributed by atoms with van der Waals surface area (Å²) in [4.78, 5) is 46.1. The van der Waals surface area contributed by atoms with E-state index in [0.29, 0.717) is 17.8 Å². The number of hydrogen-bond donors (Lipinski definition) is 2. The van der Waals surface area contributed by atoms with Crippen molar-refractivity contribution < 1.29 is 24.0 Å². The number of esters is 1. The van der Waals surface area contributed by atoms with Gasteiger partial charge in [0.15, 0.2) is 6.61 Å². The maximum atomic E-state index is 12.1. The van der Waals surface area contributed by atoms with Crippen LogP contribution in [0.25, 0.3) is 0 Å². The molecule has 0 atom stereocenters. The van der Waals surface area contributed by atoms with E-state index in [1.807, 2.05) is 0 Å². The van der Waals surface area contributed by atoms with Crippen LogP contribution >= 0.6 is 11.6 Å². The number of amides is 2. The number of nitrogens with zero attached hydrogens (tertiary/aromatic N) is 1. The third-order valence-corrected chi connectivity index (χ3v) is 3.69. The maximum Gasteiger partial charge on any atom is 0.345 e. The molecule has 0 spiro atoms. The van der Waals surface area contributed by atoms with Crippen LogP contribution in [0.2, 0.25) is 5.02 Å². The number of carbonyl (C=O) groups excluding carboxylic acids is 3. The van der Waals surface area contributed by atoms with Gasteiger partial charge >= 0.3 is 5.97 Å². The van der Waals surface area contributed by atoms with E-state index in [1.165, 1.54) is 12.1 Å². The Morgan fingerprint density at radius 1 is 1.18 bits per heavy atom. The molecule has 2 aromatic carbocycles. The van der Waals surface area contributed by atoms with Crippen molar-refractivity contribution in [3.63, 3.8) is 0 Å². The van der Waals surface area contributed by atoms with Gasteiger partial charge < -0.3 is 15.4 Å². The van der Waals surface area contributed by atoms with Crippen molar-refractivity contribution in [1.29, 1.82) is 0 Å². The molecule has 0 radical (unpaired) electrons. The second kappa shape index (κ2) is 9.47. The average molecular weight is 406 g/mol. The molecular formula is C18H16ClN3O6. The Bertz CT molecular complexity index is 931. The molecule has 0 saturated carbocycles. The molecule has 0 aliphatic carbocycles. The number of halogens is 1. The van der Waals surface area contributed by atoms with E-state index < -0.39 is 29.1 Å². The Hall–Kier alpha value is -3.46. The maximum absolute atomic E-state index is 12.1. The highest BCUT2D eigenvalue weighted by molar-refractivity contribution is 6.31. The van der Waals surface area contributed by atoms with Crippen molar-refractivity contribution in [2.75, 3.05) is 18.5 Å². The first kappa shape index (κ1) is 20.8. The smallest absolute Gasteiger partial charge is 0.345 e. The van der Waals surface area contributed by atoms with Crippen LogP contribution in [-0.2, 0) is 9.53 Å². The van der Waals surface area contributed by atoms with Crippen LogP contribution in [-0.4, -0.2) is 35.9 Å². The van der Waals surface area contributed by atoms with Crippen molar-refractivity contribution in [2.45, 2.75) is 6.92 Å². The average Bonchev–Trinajstić information content (AvgIpc) is 2.66. The van der Waals surface area contributed by atoms with Crippen molar-refractivity contribution >= 4 is 40.8 Å². The number of nitro benzene ring substituents is 1. The minimum atomic E-state index is -1.03. The lowest BCUT2D eigenvalue weighted by atomic mass is 10.2. The minimum absolute atomic E-state index is 0.0907. The van der Waals surface area contributed by atoms with E-state index in [2.05, 4.69) is 10.6 Å². The van der Waals surface area contributed by atoms with Crippen LogP contribution in [0.4, 0.5) is 11.4 Å². The summed E-state index contributed by atoms with van der Waals surface area (Å²) in [5.41, 5.74) is -0.149. The fourth-order valence-electron chi connectivity index (χ4n) is 2.24. The van der Waals surface area contributed by atoms with Gasteiger partial charge in [-0.15, -0.1) is 0 Å². The van der Waals surface area contributed by atoms with E-state index in [-0.39, 0.29) is 16.5 Å². The van der Waals surface area contributed by atoms with Crippen LogP contribution in [0, 0.1) is 10.1 Å². The minimum Gasteiger partial charge on any atom is -0.452 e. The van der Waals surface area contributed by atoms with Crippen LogP contribution in [0.1, 0.15) is 27.6 Å². The van der Waals surface area contributed by atoms with E-state index in [0.717, 1.165) is 12.1 Å². The lowest BCUT2D eigenvalue weighted by Crippen LogP contribution is -2.23. The van der Waals surface area contributed by atoms with E-state index in [1.54, 1.807) is 25.1 Å². The molecule has 0 aliphatic heterocycles. The van der Waals surface area contributed by atoms with Crippen LogP contribution in [0.3, 0.4) is 0 Å². The third-order valence-electron chi connectivity index (χ3n) is 3.46. The fraction of sp³-hybridized carbons (Fsp3) is 0.167. The van der Waals surface area contributed by atoms with Gasteiger partial charge in [-0.3, -0.25) is 19.7 Å². The summed E-state index contributed by atoms with van der Waals surface area (Å²) >= 11 is 5.69. The predicted octanol–water partition coefficient (Wildman–Crippen LogP) is 2.79. The van der Waals surface area contributed by atoms with E-state index >= 15 is 0 Å². The fourth-order valence-corrected chi connectivity index (χ4v) is 2.40. The second-order valence-corrected chi connectivity index (χ2v) is 5.92. The summed E-state index contributed by atoms with van der Waals surface area (Å²) in [7, 11) is 0. The largest absolute Gasteiger partial charge is 0.452 e. The highest BCUT2D eigenvalue weighted by Gasteiger charge is 2.22. The zero-order chi connectivity index (χ0) is 20.7. The molecule has 2 amide bonds. The molecular weight excluding hydrogens is 390 g/mol. The van der Waals surface area contributed by atoms with Gasteiger partial charge in [0.2, 0.25) is 0 Å². The molecule has 0 aliphatic rings. The zero-order valence-electron chi connectivity index (χ0n) is 14.7. The quantitative estimate of drug-likeness (QED) is 0.414. The molecule has 2 aromatic rings. The standard InChI is InChI=1S/C18H16ClN3O6/c1-2-20-17(24)11-4-3-5-13(8-11)21-16(23)10-28-18(25)14-7-6-12(19)9-15(14)22(26)27/h3-9H,2,10H2,1H3,(H,20,24)(H,21,23). The number of carbonyl (C=O) groups is 3. The molecule has 0 aromatic heterocycles. The Morgan fingerprint density at radius 3 is 2.61 bits per heavy atom. The molecule has 9 nitrogen and oxygen atoms in total. The third kappa shape index (κ3) is 5.52. The monoisotopic (exact) mass is 405 g/mol. The van der Waals surface area contributed by atoms with Crippen LogP contribution in [0.15, 0.2) is 42.5 Å². The second-order valence-electron chi connectivity index (χ2n) is 5.48. The van der Waals surface area contributed by atoms with Gasteiger partial charge in [-0.1, -0.05) is 17.7 Å². The van der Waals surface area contributed by atoms with Gasteiger partial charge in [0.1, 0.15) is 5.56 Å². The van der Waals surface area contributed by atoms with Crippen LogP contribution < -0.4 is 10.6 Å². The summed E-state index contributed by atoms with van der Waals surface area (Å²) in [5.74, 6) is -1.99. The Morgan fingerprint density at radius 2 is 1.93 bits per heavy atom. The van der Waals surface area contributed by atoms with Crippen molar-refractivity contribution in [1.82, 2.24) is 5.32 Å². The highest BCUT2D eigenvalue weighted by atomic mass is 35.5. The summed E-state index contributed by atoms with van der Waals surface area (Å²) < 4.78 is 4.83. The lowest BCUT2D eigenvalue weighted by Gasteiger charge is -2.08. The summed E-state index contributed by atoms with van der Waals surface area (Å²) in [6.07, 6.45) is 0. The topological polar surface area (TPSA) is 128 Å². The SMILES string of the molecule is CCNC(=O)c1cccc(NC(=O)COC(=O)c2ccc(Cl)cc2[N+](=O)[O-])c1. The van der Waals surface area contributed by atoms with Crippen molar-refractivity contribution in [2.24, 2.45) is 0 Å².